The maximum atomic E-state index is 12.3. The highest BCUT2D eigenvalue weighted by Crippen LogP contribution is 2.37. The Morgan fingerprint density at radius 2 is 1.90 bits per heavy atom. The van der Waals surface area contributed by atoms with Crippen LogP contribution >= 0.6 is 0 Å². The molecule has 0 radical (unpaired) electrons. The van der Waals surface area contributed by atoms with Crippen LogP contribution in [0.4, 0.5) is 0 Å². The minimum Gasteiger partial charge on any atom is -0.508 e. The van der Waals surface area contributed by atoms with Crippen molar-refractivity contribution in [3.63, 3.8) is 0 Å². The smallest absolute Gasteiger partial charge is 0.245 e. The molecule has 2 atom stereocenters. The molecule has 2 aliphatic rings. The molecule has 2 unspecified atom stereocenters. The topological polar surface area (TPSA) is 69.6 Å². The standard InChI is InChI=1S/C15H18N2O3/c1-9-15(20)17(8-10-2-6-12(18)7-3-10)13(11-4-5-11)14(19)16-9/h2-3,6-7,9,11,13,18H,4-5,8H2,1H3,(H,16,19). The van der Waals surface area contributed by atoms with Gasteiger partial charge in [-0.2, -0.15) is 0 Å². The fourth-order valence-corrected chi connectivity index (χ4v) is 2.74. The second-order valence-electron chi connectivity index (χ2n) is 5.65. The quantitative estimate of drug-likeness (QED) is 0.864. The lowest BCUT2D eigenvalue weighted by Gasteiger charge is -2.38. The van der Waals surface area contributed by atoms with Gasteiger partial charge in [0.2, 0.25) is 11.8 Å². The molecule has 0 spiro atoms. The lowest BCUT2D eigenvalue weighted by molar-refractivity contribution is -0.150. The number of phenols is 1. The number of benzene rings is 1. The molecule has 106 valence electrons. The van der Waals surface area contributed by atoms with E-state index < -0.39 is 6.04 Å². The first-order chi connectivity index (χ1) is 9.56. The Labute approximate surface area is 117 Å². The summed E-state index contributed by atoms with van der Waals surface area (Å²) in [6.07, 6.45) is 2.01. The first-order valence-electron chi connectivity index (χ1n) is 6.95. The monoisotopic (exact) mass is 274 g/mol. The number of carbonyl (C=O) groups excluding carboxylic acids is 2. The van der Waals surface area contributed by atoms with Gasteiger partial charge in [-0.25, -0.2) is 0 Å². The first-order valence-corrected chi connectivity index (χ1v) is 6.95. The molecule has 1 aliphatic heterocycles. The van der Waals surface area contributed by atoms with Crippen LogP contribution in [0, 0.1) is 5.92 Å². The maximum Gasteiger partial charge on any atom is 0.245 e. The molecule has 2 N–H and O–H groups in total. The number of phenolic OH excluding ortho intramolecular Hbond substituents is 1. The van der Waals surface area contributed by atoms with Crippen LogP contribution in [0.2, 0.25) is 0 Å². The van der Waals surface area contributed by atoms with Crippen molar-refractivity contribution in [2.24, 2.45) is 5.92 Å². The number of piperazine rings is 1. The van der Waals surface area contributed by atoms with E-state index >= 15 is 0 Å². The van der Waals surface area contributed by atoms with E-state index in [1.165, 1.54) is 0 Å². The van der Waals surface area contributed by atoms with E-state index in [4.69, 9.17) is 0 Å². The molecule has 5 heteroatoms. The zero-order valence-electron chi connectivity index (χ0n) is 11.4. The molecule has 2 amide bonds. The molecule has 1 aromatic rings. The summed E-state index contributed by atoms with van der Waals surface area (Å²) in [6.45, 7) is 2.13. The molecule has 1 aliphatic carbocycles. The molecule has 20 heavy (non-hydrogen) atoms. The van der Waals surface area contributed by atoms with Crippen molar-refractivity contribution in [2.75, 3.05) is 0 Å². The van der Waals surface area contributed by atoms with Crippen LogP contribution in [-0.4, -0.2) is 33.9 Å². The van der Waals surface area contributed by atoms with Crippen LogP contribution in [0.25, 0.3) is 0 Å². The van der Waals surface area contributed by atoms with Gasteiger partial charge in [-0.1, -0.05) is 12.1 Å². The maximum absolute atomic E-state index is 12.3. The number of hydrogen-bond acceptors (Lipinski definition) is 3. The van der Waals surface area contributed by atoms with E-state index in [2.05, 4.69) is 5.32 Å². The molecule has 2 fully saturated rings. The van der Waals surface area contributed by atoms with Crippen LogP contribution in [0.3, 0.4) is 0 Å². The molecule has 3 rings (SSSR count). The fourth-order valence-electron chi connectivity index (χ4n) is 2.74. The number of amides is 2. The average Bonchev–Trinajstić information content (AvgIpc) is 3.22. The zero-order chi connectivity index (χ0) is 14.3. The summed E-state index contributed by atoms with van der Waals surface area (Å²) in [5.74, 6) is 0.417. The van der Waals surface area contributed by atoms with Crippen molar-refractivity contribution in [3.8, 4) is 5.75 Å². The summed E-state index contributed by atoms with van der Waals surface area (Å²) in [7, 11) is 0. The Morgan fingerprint density at radius 3 is 2.50 bits per heavy atom. The van der Waals surface area contributed by atoms with Gasteiger partial charge in [-0.15, -0.1) is 0 Å². The van der Waals surface area contributed by atoms with Gasteiger partial charge in [-0.3, -0.25) is 9.59 Å². The molecule has 0 aromatic heterocycles. The normalized spacial score (nSPS) is 26.6. The van der Waals surface area contributed by atoms with E-state index in [1.54, 1.807) is 36.1 Å². The van der Waals surface area contributed by atoms with Crippen molar-refractivity contribution in [1.29, 1.82) is 0 Å². The molecular formula is C15H18N2O3. The van der Waals surface area contributed by atoms with Gasteiger partial charge in [0.05, 0.1) is 0 Å². The fraction of sp³-hybridized carbons (Fsp3) is 0.467. The first kappa shape index (κ1) is 13.0. The van der Waals surface area contributed by atoms with Gasteiger partial charge in [0.15, 0.2) is 0 Å². The highest BCUT2D eigenvalue weighted by atomic mass is 16.3. The summed E-state index contributed by atoms with van der Waals surface area (Å²) in [4.78, 5) is 26.2. The largest absolute Gasteiger partial charge is 0.508 e. The van der Waals surface area contributed by atoms with Gasteiger partial charge in [0.25, 0.3) is 0 Å². The highest BCUT2D eigenvalue weighted by Gasteiger charge is 2.46. The minimum atomic E-state index is -0.463. The number of carbonyl (C=O) groups is 2. The Morgan fingerprint density at radius 1 is 1.25 bits per heavy atom. The van der Waals surface area contributed by atoms with Gasteiger partial charge >= 0.3 is 0 Å². The third kappa shape index (κ3) is 2.35. The van der Waals surface area contributed by atoms with Crippen LogP contribution < -0.4 is 5.32 Å². The van der Waals surface area contributed by atoms with Gasteiger partial charge < -0.3 is 15.3 Å². The van der Waals surface area contributed by atoms with Crippen LogP contribution in [0.1, 0.15) is 25.3 Å². The lowest BCUT2D eigenvalue weighted by atomic mass is 10.0. The second-order valence-corrected chi connectivity index (χ2v) is 5.65. The van der Waals surface area contributed by atoms with Crippen molar-refractivity contribution >= 4 is 11.8 Å². The average molecular weight is 274 g/mol. The summed E-state index contributed by atoms with van der Waals surface area (Å²) in [5.41, 5.74) is 0.920. The van der Waals surface area contributed by atoms with Crippen molar-refractivity contribution in [2.45, 2.75) is 38.4 Å². The Balaban J connectivity index is 1.84. The summed E-state index contributed by atoms with van der Waals surface area (Å²) in [5, 5.41) is 12.1. The predicted molar refractivity (Wildman–Crippen MR) is 72.8 cm³/mol. The Bertz CT molecular complexity index is 537. The summed E-state index contributed by atoms with van der Waals surface area (Å²) >= 11 is 0. The van der Waals surface area contributed by atoms with E-state index in [1.807, 2.05) is 0 Å². The highest BCUT2D eigenvalue weighted by molar-refractivity contribution is 5.97. The number of nitrogens with one attached hydrogen (secondary N) is 1. The van der Waals surface area contributed by atoms with Crippen LogP contribution in [0.5, 0.6) is 5.75 Å². The zero-order valence-corrected chi connectivity index (χ0v) is 11.4. The van der Waals surface area contributed by atoms with Crippen molar-refractivity contribution in [1.82, 2.24) is 10.2 Å². The van der Waals surface area contributed by atoms with E-state index in [-0.39, 0.29) is 23.6 Å². The molecule has 1 saturated carbocycles. The van der Waals surface area contributed by atoms with Crippen molar-refractivity contribution < 1.29 is 14.7 Å². The lowest BCUT2D eigenvalue weighted by Crippen LogP contribution is -2.62. The number of aromatic hydroxyl groups is 1. The third-order valence-electron chi connectivity index (χ3n) is 3.97. The predicted octanol–water partition coefficient (Wildman–Crippen LogP) is 1.02. The SMILES string of the molecule is CC1NC(=O)C(C2CC2)N(Cc2ccc(O)cc2)C1=O. The molecule has 0 bridgehead atoms. The molecule has 1 heterocycles. The number of rotatable bonds is 3. The van der Waals surface area contributed by atoms with Gasteiger partial charge in [0, 0.05) is 6.54 Å². The Kier molecular flexibility index (Phi) is 3.12. The van der Waals surface area contributed by atoms with Crippen molar-refractivity contribution in [3.05, 3.63) is 29.8 Å². The summed E-state index contributed by atoms with van der Waals surface area (Å²) < 4.78 is 0. The minimum absolute atomic E-state index is 0.0328. The van der Waals surface area contributed by atoms with Gasteiger partial charge in [-0.05, 0) is 43.4 Å². The van der Waals surface area contributed by atoms with Crippen LogP contribution in [-0.2, 0) is 16.1 Å². The summed E-state index contributed by atoms with van der Waals surface area (Å²) in [6, 6.07) is 5.95. The molecule has 1 aromatic carbocycles. The van der Waals surface area contributed by atoms with E-state index in [0.29, 0.717) is 12.5 Å². The van der Waals surface area contributed by atoms with E-state index in [0.717, 1.165) is 18.4 Å². The molecule has 5 nitrogen and oxygen atoms in total. The van der Waals surface area contributed by atoms with Crippen LogP contribution in [0.15, 0.2) is 24.3 Å². The third-order valence-corrected chi connectivity index (χ3v) is 3.97. The van der Waals surface area contributed by atoms with Gasteiger partial charge in [0.1, 0.15) is 17.8 Å². The molecular weight excluding hydrogens is 256 g/mol. The van der Waals surface area contributed by atoms with E-state index in [9.17, 15) is 14.7 Å². The Hall–Kier alpha value is -2.04. The number of hydrogen-bond donors (Lipinski definition) is 2. The second kappa shape index (κ2) is 4.81. The molecule has 1 saturated heterocycles. The number of nitrogens with zero attached hydrogens (tertiary/aromatic N) is 1.